The third-order valence-electron chi connectivity index (χ3n) is 4.25. The molecule has 0 fully saturated rings. The lowest BCUT2D eigenvalue weighted by molar-refractivity contribution is -0.483. The van der Waals surface area contributed by atoms with E-state index in [-0.39, 0.29) is 0 Å². The van der Waals surface area contributed by atoms with E-state index in [1.165, 1.54) is 0 Å². The summed E-state index contributed by atoms with van der Waals surface area (Å²) in [4.78, 5) is 24.1. The molecule has 0 saturated heterocycles. The topological polar surface area (TPSA) is 78.7 Å². The van der Waals surface area contributed by atoms with Crippen LogP contribution in [0.2, 0.25) is 5.02 Å². The van der Waals surface area contributed by atoms with Crippen LogP contribution in [0, 0.1) is 10.1 Å². The van der Waals surface area contributed by atoms with Crippen LogP contribution in [-0.4, -0.2) is 23.0 Å². The zero-order valence-corrected chi connectivity index (χ0v) is 16.0. The van der Waals surface area contributed by atoms with Gasteiger partial charge >= 0.3 is 5.97 Å². The highest BCUT2D eigenvalue weighted by Gasteiger charge is 2.42. The Kier molecular flexibility index (Phi) is 5.11. The van der Waals surface area contributed by atoms with Gasteiger partial charge in [0, 0.05) is 21.1 Å². The van der Waals surface area contributed by atoms with Crippen LogP contribution in [0.15, 0.2) is 42.5 Å². The molecule has 0 saturated carbocycles. The number of esters is 1. The molecule has 0 amide bonds. The fourth-order valence-electron chi connectivity index (χ4n) is 3.27. The molecular formula is C20H20ClNO5. The molecule has 0 bridgehead atoms. The van der Waals surface area contributed by atoms with E-state index < -0.39 is 34.9 Å². The SMILES string of the molecule is CC(C)(C)OC(=O)[C@@H]1c2ccccc2Oc2ccc(Cl)cc2[C@H]1C[N+](=O)[O-]. The summed E-state index contributed by atoms with van der Waals surface area (Å²) in [5.74, 6) is -1.26. The van der Waals surface area contributed by atoms with E-state index in [9.17, 15) is 14.9 Å². The van der Waals surface area contributed by atoms with Gasteiger partial charge in [0.1, 0.15) is 17.1 Å². The van der Waals surface area contributed by atoms with Crippen molar-refractivity contribution in [3.05, 3.63) is 68.7 Å². The molecule has 2 aromatic rings. The summed E-state index contributed by atoms with van der Waals surface area (Å²) in [5, 5.41) is 11.8. The first-order valence-electron chi connectivity index (χ1n) is 8.56. The van der Waals surface area contributed by atoms with Crippen LogP contribution in [0.5, 0.6) is 11.5 Å². The van der Waals surface area contributed by atoms with Crippen molar-refractivity contribution in [3.63, 3.8) is 0 Å². The molecule has 1 aliphatic rings. The number of ether oxygens (including phenoxy) is 2. The van der Waals surface area contributed by atoms with E-state index in [1.807, 2.05) is 0 Å². The summed E-state index contributed by atoms with van der Waals surface area (Å²) in [6.07, 6.45) is 0. The number of para-hydroxylation sites is 1. The van der Waals surface area contributed by atoms with Crippen molar-refractivity contribution in [3.8, 4) is 11.5 Å². The zero-order chi connectivity index (χ0) is 19.8. The number of hydrogen-bond acceptors (Lipinski definition) is 5. The van der Waals surface area contributed by atoms with Gasteiger partial charge in [0.15, 0.2) is 0 Å². The lowest BCUT2D eigenvalue weighted by Gasteiger charge is -2.27. The summed E-state index contributed by atoms with van der Waals surface area (Å²) < 4.78 is 11.6. The average Bonchev–Trinajstić information content (AvgIpc) is 2.67. The molecule has 27 heavy (non-hydrogen) atoms. The molecular weight excluding hydrogens is 370 g/mol. The maximum Gasteiger partial charge on any atom is 0.314 e. The van der Waals surface area contributed by atoms with Gasteiger partial charge in [-0.3, -0.25) is 14.9 Å². The van der Waals surface area contributed by atoms with Gasteiger partial charge in [-0.2, -0.15) is 0 Å². The summed E-state index contributed by atoms with van der Waals surface area (Å²) in [6, 6.07) is 12.0. The van der Waals surface area contributed by atoms with E-state index in [1.54, 1.807) is 63.2 Å². The number of benzene rings is 2. The second-order valence-electron chi connectivity index (χ2n) is 7.45. The van der Waals surface area contributed by atoms with Crippen LogP contribution < -0.4 is 4.74 Å². The molecule has 0 N–H and O–H groups in total. The first kappa shape index (κ1) is 19.2. The Morgan fingerprint density at radius 2 is 1.85 bits per heavy atom. The highest BCUT2D eigenvalue weighted by Crippen LogP contribution is 2.47. The lowest BCUT2D eigenvalue weighted by atomic mass is 9.81. The third kappa shape index (κ3) is 4.22. The molecule has 0 radical (unpaired) electrons. The van der Waals surface area contributed by atoms with Crippen LogP contribution >= 0.6 is 11.6 Å². The summed E-state index contributed by atoms with van der Waals surface area (Å²) in [7, 11) is 0. The van der Waals surface area contributed by atoms with E-state index >= 15 is 0 Å². The molecule has 2 aromatic carbocycles. The zero-order valence-electron chi connectivity index (χ0n) is 15.3. The van der Waals surface area contributed by atoms with Crippen molar-refractivity contribution in [1.82, 2.24) is 0 Å². The molecule has 1 aliphatic heterocycles. The number of halogens is 1. The predicted molar refractivity (Wildman–Crippen MR) is 101 cm³/mol. The molecule has 7 heteroatoms. The van der Waals surface area contributed by atoms with Gasteiger partial charge in [0.05, 0.1) is 11.8 Å². The molecule has 0 spiro atoms. The van der Waals surface area contributed by atoms with Crippen LogP contribution in [-0.2, 0) is 9.53 Å². The fourth-order valence-corrected chi connectivity index (χ4v) is 3.45. The molecule has 1 heterocycles. The molecule has 6 nitrogen and oxygen atoms in total. The average molecular weight is 390 g/mol. The van der Waals surface area contributed by atoms with Gasteiger partial charge in [-0.25, -0.2) is 0 Å². The van der Waals surface area contributed by atoms with Crippen LogP contribution in [0.25, 0.3) is 0 Å². The summed E-state index contributed by atoms with van der Waals surface area (Å²) >= 11 is 6.14. The monoisotopic (exact) mass is 389 g/mol. The number of fused-ring (bicyclic) bond motifs is 2. The van der Waals surface area contributed by atoms with Crippen LogP contribution in [0.4, 0.5) is 0 Å². The number of carbonyl (C=O) groups is 1. The highest BCUT2D eigenvalue weighted by molar-refractivity contribution is 6.30. The Hall–Kier alpha value is -2.60. The quantitative estimate of drug-likeness (QED) is 0.422. The van der Waals surface area contributed by atoms with Crippen molar-refractivity contribution >= 4 is 17.6 Å². The van der Waals surface area contributed by atoms with Crippen molar-refractivity contribution in [1.29, 1.82) is 0 Å². The van der Waals surface area contributed by atoms with Crippen molar-refractivity contribution < 1.29 is 19.2 Å². The molecule has 2 atom stereocenters. The largest absolute Gasteiger partial charge is 0.459 e. The number of hydrogen-bond donors (Lipinski definition) is 0. The highest BCUT2D eigenvalue weighted by atomic mass is 35.5. The maximum absolute atomic E-state index is 13.1. The van der Waals surface area contributed by atoms with Gasteiger partial charge < -0.3 is 9.47 Å². The Morgan fingerprint density at radius 1 is 1.19 bits per heavy atom. The molecule has 0 unspecified atom stereocenters. The molecule has 0 aromatic heterocycles. The number of nitrogens with zero attached hydrogens (tertiary/aromatic N) is 1. The number of rotatable bonds is 3. The van der Waals surface area contributed by atoms with Crippen LogP contribution in [0.1, 0.15) is 43.7 Å². The number of carbonyl (C=O) groups excluding carboxylic acids is 1. The van der Waals surface area contributed by atoms with Crippen molar-refractivity contribution in [2.45, 2.75) is 38.2 Å². The number of nitro groups is 1. The summed E-state index contributed by atoms with van der Waals surface area (Å²) in [5.41, 5.74) is 0.354. The minimum absolute atomic E-state index is 0.416. The smallest absolute Gasteiger partial charge is 0.314 e. The molecule has 142 valence electrons. The van der Waals surface area contributed by atoms with E-state index in [4.69, 9.17) is 21.1 Å². The Balaban J connectivity index is 2.21. The Bertz CT molecular complexity index is 890. The third-order valence-corrected chi connectivity index (χ3v) is 4.49. The van der Waals surface area contributed by atoms with Crippen LogP contribution in [0.3, 0.4) is 0 Å². The van der Waals surface area contributed by atoms with E-state index in [0.29, 0.717) is 27.6 Å². The minimum Gasteiger partial charge on any atom is -0.459 e. The van der Waals surface area contributed by atoms with Gasteiger partial charge in [0.2, 0.25) is 6.54 Å². The standard InChI is InChI=1S/C20H20ClNO5/c1-20(2,3)27-19(23)18-13-6-4-5-7-16(13)26-17-9-8-12(21)10-14(17)15(18)11-22(24)25/h4-10,15,18H,11H2,1-3H3/t15-,18-/m1/s1. The van der Waals surface area contributed by atoms with Gasteiger partial charge in [-0.1, -0.05) is 29.8 Å². The Labute approximate surface area is 162 Å². The van der Waals surface area contributed by atoms with Gasteiger partial charge in [-0.05, 0) is 45.0 Å². The van der Waals surface area contributed by atoms with E-state index in [0.717, 1.165) is 0 Å². The maximum atomic E-state index is 13.1. The van der Waals surface area contributed by atoms with Crippen molar-refractivity contribution in [2.75, 3.05) is 6.54 Å². The first-order chi connectivity index (χ1) is 12.7. The summed E-state index contributed by atoms with van der Waals surface area (Å²) in [6.45, 7) is 4.83. The normalized spacial score (nSPS) is 18.5. The van der Waals surface area contributed by atoms with Gasteiger partial charge in [0.25, 0.3) is 0 Å². The predicted octanol–water partition coefficient (Wildman–Crippen LogP) is 4.93. The fraction of sp³-hybridized carbons (Fsp3) is 0.350. The van der Waals surface area contributed by atoms with E-state index in [2.05, 4.69) is 0 Å². The second-order valence-corrected chi connectivity index (χ2v) is 7.89. The first-order valence-corrected chi connectivity index (χ1v) is 8.94. The van der Waals surface area contributed by atoms with Gasteiger partial charge in [-0.15, -0.1) is 0 Å². The van der Waals surface area contributed by atoms with Crippen molar-refractivity contribution in [2.24, 2.45) is 0 Å². The molecule has 3 rings (SSSR count). The molecule has 0 aliphatic carbocycles. The minimum atomic E-state index is -0.884. The lowest BCUT2D eigenvalue weighted by Crippen LogP contribution is -2.32. The Morgan fingerprint density at radius 3 is 2.52 bits per heavy atom. The second kappa shape index (κ2) is 7.19.